The summed E-state index contributed by atoms with van der Waals surface area (Å²) in [6.07, 6.45) is 18.0. The molecule has 0 radical (unpaired) electrons. The first kappa shape index (κ1) is 87.5. The van der Waals surface area contributed by atoms with Gasteiger partial charge in [0.25, 0.3) is 0 Å². The summed E-state index contributed by atoms with van der Waals surface area (Å²) in [6, 6.07) is 0. The zero-order valence-corrected chi connectivity index (χ0v) is 62.5. The Labute approximate surface area is 618 Å². The predicted molar refractivity (Wildman–Crippen MR) is 397 cm³/mol. The van der Waals surface area contributed by atoms with Crippen LogP contribution in [-0.2, 0) is 131 Å². The lowest BCUT2D eigenvalue weighted by molar-refractivity contribution is 0.0393. The van der Waals surface area contributed by atoms with E-state index in [0.29, 0.717) is 104 Å². The minimum Gasteiger partial charge on any atom is -0.377 e. The van der Waals surface area contributed by atoms with Crippen LogP contribution in [0.2, 0.25) is 0 Å². The van der Waals surface area contributed by atoms with Crippen LogP contribution in [0.3, 0.4) is 0 Å². The molecule has 8 unspecified atom stereocenters. The van der Waals surface area contributed by atoms with E-state index in [4.69, 9.17) is 52.1 Å². The van der Waals surface area contributed by atoms with E-state index < -0.39 is 86.6 Å². The number of hydrogen-bond donors (Lipinski definition) is 0. The third kappa shape index (κ3) is 29.0. The lowest BCUT2D eigenvalue weighted by Crippen LogP contribution is -2.57. The second-order valence-electron chi connectivity index (χ2n) is 26.2. The minimum absolute atomic E-state index is 0.00116. The average molecular weight is 1510 g/mol. The van der Waals surface area contributed by atoms with Gasteiger partial charge in [-0.15, -0.1) is 39.5 Å². The number of unbranched alkanes of at least 4 members (excludes halogenated alkanes) is 5. The summed E-state index contributed by atoms with van der Waals surface area (Å²) >= 11 is 0. The summed E-state index contributed by atoms with van der Waals surface area (Å²) in [6.45, 7) is 34.4. The monoisotopic (exact) mass is 1510 g/mol. The summed E-state index contributed by atoms with van der Waals surface area (Å²) in [4.78, 5) is 152. The molecule has 107 heavy (non-hydrogen) atoms. The first-order chi connectivity index (χ1) is 51.5. The van der Waals surface area contributed by atoms with Crippen molar-refractivity contribution in [1.29, 1.82) is 0 Å². The van der Waals surface area contributed by atoms with E-state index in [9.17, 15) is 57.5 Å². The highest BCUT2D eigenvalue weighted by molar-refractivity contribution is 4.87. The Kier molecular flexibility index (Phi) is 37.7. The lowest BCUT2D eigenvalue weighted by atomic mass is 10.2. The van der Waals surface area contributed by atoms with Crippen molar-refractivity contribution in [3.05, 3.63) is 202 Å². The van der Waals surface area contributed by atoms with Gasteiger partial charge >= 0.3 is 68.3 Å². The molecule has 4 aromatic rings. The first-order valence-corrected chi connectivity index (χ1v) is 36.6. The number of aromatic nitrogens is 12. The molecule has 0 amide bonds. The zero-order valence-electron chi connectivity index (χ0n) is 62.5. The van der Waals surface area contributed by atoms with Crippen LogP contribution in [0.4, 0.5) is 0 Å². The summed E-state index contributed by atoms with van der Waals surface area (Å²) in [5, 5.41) is 0. The van der Waals surface area contributed by atoms with Crippen LogP contribution >= 0.6 is 0 Å². The van der Waals surface area contributed by atoms with Gasteiger partial charge in [-0.3, -0.25) is 0 Å². The molecule has 0 spiro atoms. The fourth-order valence-corrected chi connectivity index (χ4v) is 10.8. The van der Waals surface area contributed by atoms with Crippen molar-refractivity contribution in [3.63, 3.8) is 0 Å². The first-order valence-electron chi connectivity index (χ1n) is 36.6. The minimum atomic E-state index is -0.700. The number of rotatable bonds is 51. The van der Waals surface area contributed by atoms with Crippen molar-refractivity contribution in [2.24, 2.45) is 7.05 Å². The fraction of sp³-hybridized carbons (Fsp3) is 0.667. The number of hydrogen-bond acceptors (Lipinski definition) is 23. The van der Waals surface area contributed by atoms with Crippen molar-refractivity contribution in [2.45, 2.75) is 212 Å². The summed E-state index contributed by atoms with van der Waals surface area (Å²) < 4.78 is 71.1. The van der Waals surface area contributed by atoms with Crippen LogP contribution in [0, 0.1) is 0 Å². The third-order valence-corrected chi connectivity index (χ3v) is 17.3. The van der Waals surface area contributed by atoms with Gasteiger partial charge in [0.05, 0.1) is 168 Å². The van der Waals surface area contributed by atoms with Crippen molar-refractivity contribution in [2.75, 3.05) is 92.5 Å². The molecular weight excluding hydrogens is 1400 g/mol. The predicted octanol–water partition coefficient (Wildman–Crippen LogP) is -0.110. The fourth-order valence-electron chi connectivity index (χ4n) is 10.8. The van der Waals surface area contributed by atoms with E-state index in [2.05, 4.69) is 39.5 Å². The van der Waals surface area contributed by atoms with Gasteiger partial charge in [0.2, 0.25) is 0 Å². The Bertz CT molecular complexity index is 3950. The van der Waals surface area contributed by atoms with Crippen LogP contribution in [0.15, 0.2) is 133 Å². The van der Waals surface area contributed by atoms with Crippen LogP contribution in [0.1, 0.15) is 91.4 Å². The summed E-state index contributed by atoms with van der Waals surface area (Å²) in [5.41, 5.74) is -7.31. The van der Waals surface area contributed by atoms with Gasteiger partial charge in [-0.1, -0.05) is 36.5 Å². The second kappa shape index (κ2) is 46.1. The molecule has 5 aliphatic rings. The highest BCUT2D eigenvalue weighted by atomic mass is 16.6. The molecule has 5 saturated heterocycles. The van der Waals surface area contributed by atoms with E-state index in [0.717, 1.165) is 92.7 Å². The van der Waals surface area contributed by atoms with E-state index in [1.54, 1.807) is 45.1 Å². The Morgan fingerprint density at radius 3 is 0.925 bits per heavy atom. The molecule has 5 fully saturated rings. The molecule has 35 nitrogen and oxygen atoms in total. The smallest absolute Gasteiger partial charge is 0.336 e. The maximum atomic E-state index is 13.0. The van der Waals surface area contributed by atoms with Crippen molar-refractivity contribution >= 4 is 0 Å². The van der Waals surface area contributed by atoms with Gasteiger partial charge in [0, 0.05) is 39.8 Å². The number of allylic oxidation sites excluding steroid dienone is 2. The molecule has 596 valence electrons. The zero-order chi connectivity index (χ0) is 78.0. The van der Waals surface area contributed by atoms with Gasteiger partial charge in [-0.2, -0.15) is 0 Å². The number of epoxide rings is 5. The topological polar surface area (TPSA) is 382 Å². The Balaban J connectivity index is 0.000000225. The van der Waals surface area contributed by atoms with E-state index in [1.165, 1.54) is 20.7 Å². The maximum absolute atomic E-state index is 13.0. The highest BCUT2D eigenvalue weighted by Crippen LogP contribution is 2.17. The van der Waals surface area contributed by atoms with Crippen molar-refractivity contribution in [1.82, 2.24) is 54.8 Å². The van der Waals surface area contributed by atoms with Crippen LogP contribution in [0.5, 0.6) is 0 Å². The van der Waals surface area contributed by atoms with Crippen LogP contribution in [0.25, 0.3) is 0 Å². The molecule has 8 atom stereocenters. The quantitative estimate of drug-likeness (QED) is 0.0316. The molecule has 35 heteroatoms. The molecule has 0 aromatic carbocycles. The van der Waals surface area contributed by atoms with Gasteiger partial charge in [0.1, 0.15) is 12.2 Å². The molecule has 0 aliphatic carbocycles. The van der Waals surface area contributed by atoms with E-state index in [-0.39, 0.29) is 110 Å². The molecule has 5 aliphatic heterocycles. The molecule has 0 bridgehead atoms. The van der Waals surface area contributed by atoms with Crippen LogP contribution in [-0.4, -0.2) is 196 Å². The van der Waals surface area contributed by atoms with Crippen molar-refractivity contribution < 1.29 is 52.1 Å². The van der Waals surface area contributed by atoms with Gasteiger partial charge < -0.3 is 52.1 Å². The molecular formula is C72H110N12O23. The highest BCUT2D eigenvalue weighted by Gasteiger charge is 2.29. The molecule has 9 heterocycles. The maximum Gasteiger partial charge on any atom is 0.336 e. The SMILES string of the molecule is C=CCCCCn1c(=O)n(CCCCC=C)c(=O)n(CCCCC2CO2)c1=O.C=CCOC(C)Cn1c(=O)n(CC(C)OCC=C)c(=O)n(CC(C)OCC2CO2)c1=O.C=CCOCCn1c(=O)n(CCOCC=C)c(=O)n(CCOCC2CO2)c1=O.Cn1c(=O)n(CCC2CO2)c(=O)n(CCC2CO2)c1=O. The Morgan fingerprint density at radius 1 is 0.318 bits per heavy atom. The summed E-state index contributed by atoms with van der Waals surface area (Å²) in [7, 11) is 1.39. The molecule has 9 rings (SSSR count). The average Bonchev–Trinajstić information content (AvgIpc) is 1.35. The normalized spacial score (nSPS) is 17.9. The lowest BCUT2D eigenvalue weighted by Gasteiger charge is -2.20. The van der Waals surface area contributed by atoms with Crippen LogP contribution < -0.4 is 68.3 Å². The third-order valence-electron chi connectivity index (χ3n) is 17.3. The standard InChI is InChI=1S/C21H33N3O7.C21H33N3O4.C18H27N3O7.C12H17N3O5/c1-6-8-28-15(3)10-22-19(25)23(11-16(4)29-9-7-2)21(27)24(20(22)26)12-17(5)30-13-18-14-31-18;1-3-5-7-10-14-22-19(25)23(15-11-8-6-4-2)21(27)24(20(22)26)16-12-9-13-18-17-28-18;1-3-8-25-10-5-19-16(22)20(6-11-26-9-4-2)18(24)21(17(19)23)7-12-27-13-15-14-28-15;1-13-10(16)14(4-2-8-6-19-8)12(18)15(11(13)17)5-3-9-7-20-9/h6-7,15-18H,1-2,8-14H2,3-5H3;3-4,18H,1-2,5-17H2;3-4,15H,1-2,5-14H2;8-9H,2-7H2,1H3. The number of nitrogens with zero attached hydrogens (tertiary/aromatic N) is 12. The van der Waals surface area contributed by atoms with Gasteiger partial charge in [-0.25, -0.2) is 112 Å². The summed E-state index contributed by atoms with van der Waals surface area (Å²) in [5.74, 6) is 0. The van der Waals surface area contributed by atoms with Crippen molar-refractivity contribution in [3.8, 4) is 0 Å². The molecule has 0 saturated carbocycles. The Hall–Kier alpha value is -8.36. The van der Waals surface area contributed by atoms with E-state index >= 15 is 0 Å². The van der Waals surface area contributed by atoms with Gasteiger partial charge in [-0.05, 0) is 91.4 Å². The van der Waals surface area contributed by atoms with Gasteiger partial charge in [0.15, 0.2) is 0 Å². The Morgan fingerprint density at radius 2 is 0.598 bits per heavy atom. The molecule has 4 aromatic heterocycles. The molecule has 0 N–H and O–H groups in total. The van der Waals surface area contributed by atoms with E-state index in [1.807, 2.05) is 12.2 Å². The second-order valence-corrected chi connectivity index (χ2v) is 26.2. The number of ether oxygens (including phenoxy) is 11. The largest absolute Gasteiger partial charge is 0.377 e.